The second kappa shape index (κ2) is 8.72. The van der Waals surface area contributed by atoms with E-state index in [1.807, 2.05) is 18.2 Å². The van der Waals surface area contributed by atoms with Crippen LogP contribution < -0.4 is 14.8 Å². The number of hydrogen-bond donors (Lipinski definition) is 1. The summed E-state index contributed by atoms with van der Waals surface area (Å²) in [6.07, 6.45) is 1.08. The number of ketones is 1. The Labute approximate surface area is 157 Å². The summed E-state index contributed by atoms with van der Waals surface area (Å²) in [7, 11) is 0. The van der Waals surface area contributed by atoms with Crippen LogP contribution >= 0.6 is 11.6 Å². The number of nitrogens with one attached hydrogen (secondary N) is 1. The molecule has 0 atom stereocenters. The van der Waals surface area contributed by atoms with E-state index in [4.69, 9.17) is 21.1 Å². The fraction of sp³-hybridized carbons (Fsp3) is 0.300. The average molecular weight is 374 g/mol. The van der Waals surface area contributed by atoms with Crippen molar-refractivity contribution in [2.24, 2.45) is 0 Å². The molecule has 5 nitrogen and oxygen atoms in total. The molecule has 0 aliphatic carbocycles. The maximum atomic E-state index is 12.3. The number of amides is 1. The van der Waals surface area contributed by atoms with Crippen molar-refractivity contribution >= 4 is 23.3 Å². The minimum Gasteiger partial charge on any atom is -0.486 e. The Morgan fingerprint density at radius 3 is 2.58 bits per heavy atom. The van der Waals surface area contributed by atoms with Gasteiger partial charge in [0.15, 0.2) is 17.3 Å². The van der Waals surface area contributed by atoms with Gasteiger partial charge in [-0.2, -0.15) is 0 Å². The molecule has 1 amide bonds. The minimum absolute atomic E-state index is 0.0131. The highest BCUT2D eigenvalue weighted by Gasteiger charge is 2.15. The predicted octanol–water partition coefficient (Wildman–Crippen LogP) is 3.78. The quantitative estimate of drug-likeness (QED) is 0.750. The van der Waals surface area contributed by atoms with Crippen molar-refractivity contribution in [3.8, 4) is 11.5 Å². The van der Waals surface area contributed by atoms with E-state index in [1.165, 1.54) is 0 Å². The topological polar surface area (TPSA) is 64.6 Å². The lowest BCUT2D eigenvalue weighted by Crippen LogP contribution is -2.22. The van der Waals surface area contributed by atoms with Crippen LogP contribution in [-0.4, -0.2) is 24.9 Å². The van der Waals surface area contributed by atoms with Crippen molar-refractivity contribution in [3.05, 3.63) is 58.6 Å². The summed E-state index contributed by atoms with van der Waals surface area (Å²) in [6.45, 7) is 1.38. The van der Waals surface area contributed by atoms with Crippen LogP contribution in [0.3, 0.4) is 0 Å². The summed E-state index contributed by atoms with van der Waals surface area (Å²) in [5.41, 5.74) is 1.44. The van der Waals surface area contributed by atoms with Gasteiger partial charge in [-0.15, -0.1) is 0 Å². The number of Topliss-reactive ketones (excluding diaryl/α,β-unsaturated/α-hetero) is 1. The monoisotopic (exact) mass is 373 g/mol. The van der Waals surface area contributed by atoms with Crippen LogP contribution in [0.1, 0.15) is 35.2 Å². The van der Waals surface area contributed by atoms with Gasteiger partial charge in [-0.25, -0.2) is 0 Å². The maximum absolute atomic E-state index is 12.3. The van der Waals surface area contributed by atoms with E-state index < -0.39 is 0 Å². The summed E-state index contributed by atoms with van der Waals surface area (Å²) in [5.74, 6) is 1.15. The Morgan fingerprint density at radius 1 is 1.00 bits per heavy atom. The molecule has 0 spiro atoms. The maximum Gasteiger partial charge on any atom is 0.220 e. The average Bonchev–Trinajstić information content (AvgIpc) is 2.67. The Morgan fingerprint density at radius 2 is 1.77 bits per heavy atom. The second-order valence-electron chi connectivity index (χ2n) is 6.00. The van der Waals surface area contributed by atoms with Crippen LogP contribution in [0.25, 0.3) is 0 Å². The van der Waals surface area contributed by atoms with E-state index >= 15 is 0 Å². The summed E-state index contributed by atoms with van der Waals surface area (Å²) in [5, 5.41) is 3.45. The molecule has 0 saturated heterocycles. The van der Waals surface area contributed by atoms with Crippen molar-refractivity contribution in [1.82, 2.24) is 5.32 Å². The van der Waals surface area contributed by atoms with Crippen molar-refractivity contribution in [3.63, 3.8) is 0 Å². The fourth-order valence-electron chi connectivity index (χ4n) is 2.69. The van der Waals surface area contributed by atoms with Crippen molar-refractivity contribution in [2.45, 2.75) is 25.8 Å². The minimum atomic E-state index is -0.0973. The zero-order valence-corrected chi connectivity index (χ0v) is 15.1. The number of hydrogen-bond acceptors (Lipinski definition) is 4. The first-order valence-corrected chi connectivity index (χ1v) is 8.94. The van der Waals surface area contributed by atoms with Gasteiger partial charge in [0.1, 0.15) is 13.2 Å². The number of ether oxygens (including phenoxy) is 2. The van der Waals surface area contributed by atoms with E-state index in [2.05, 4.69) is 5.32 Å². The van der Waals surface area contributed by atoms with Crippen LogP contribution in [0.2, 0.25) is 5.02 Å². The lowest BCUT2D eigenvalue weighted by molar-refractivity contribution is -0.121. The van der Waals surface area contributed by atoms with Gasteiger partial charge in [-0.1, -0.05) is 29.8 Å². The first kappa shape index (κ1) is 18.3. The smallest absolute Gasteiger partial charge is 0.220 e. The van der Waals surface area contributed by atoms with Gasteiger partial charge in [0.2, 0.25) is 5.91 Å². The molecule has 0 bridgehead atoms. The lowest BCUT2D eigenvalue weighted by atomic mass is 10.0. The molecule has 2 aromatic carbocycles. The molecular weight excluding hydrogens is 354 g/mol. The molecule has 3 rings (SSSR count). The number of fused-ring (bicyclic) bond motifs is 1. The van der Waals surface area contributed by atoms with Crippen LogP contribution in [0.15, 0.2) is 42.5 Å². The molecule has 26 heavy (non-hydrogen) atoms. The van der Waals surface area contributed by atoms with Gasteiger partial charge in [-0.05, 0) is 36.2 Å². The molecule has 0 unspecified atom stereocenters. The molecule has 1 aliphatic heterocycles. The number of carbonyl (C=O) groups is 2. The Kier molecular flexibility index (Phi) is 6.12. The Hall–Kier alpha value is -2.53. The molecule has 6 heteroatoms. The fourth-order valence-corrected chi connectivity index (χ4v) is 2.90. The molecule has 1 N–H and O–H groups in total. The zero-order chi connectivity index (χ0) is 18.4. The van der Waals surface area contributed by atoms with Crippen LogP contribution in [-0.2, 0) is 11.3 Å². The highest BCUT2D eigenvalue weighted by Crippen LogP contribution is 2.31. The van der Waals surface area contributed by atoms with E-state index in [9.17, 15) is 9.59 Å². The number of rotatable bonds is 7. The molecule has 0 radical (unpaired) electrons. The third-order valence-corrected chi connectivity index (χ3v) is 4.47. The molecule has 0 aromatic heterocycles. The SMILES string of the molecule is O=C(CCCC(=O)c1ccc2c(c1)OCCO2)NCc1ccccc1Cl. The van der Waals surface area contributed by atoms with Gasteiger partial charge < -0.3 is 14.8 Å². The molecule has 1 aliphatic rings. The normalized spacial score (nSPS) is 12.5. The molecular formula is C20H20ClNO4. The van der Waals surface area contributed by atoms with Gasteiger partial charge in [0.25, 0.3) is 0 Å². The van der Waals surface area contributed by atoms with Gasteiger partial charge in [-0.3, -0.25) is 9.59 Å². The lowest BCUT2D eigenvalue weighted by Gasteiger charge is -2.18. The zero-order valence-electron chi connectivity index (χ0n) is 14.3. The third-order valence-electron chi connectivity index (χ3n) is 4.11. The molecule has 0 fully saturated rings. The van der Waals surface area contributed by atoms with E-state index in [0.717, 1.165) is 5.56 Å². The van der Waals surface area contributed by atoms with Crippen molar-refractivity contribution < 1.29 is 19.1 Å². The largest absolute Gasteiger partial charge is 0.486 e. The van der Waals surface area contributed by atoms with Crippen LogP contribution in [0.5, 0.6) is 11.5 Å². The van der Waals surface area contributed by atoms with Gasteiger partial charge in [0, 0.05) is 30.0 Å². The van der Waals surface area contributed by atoms with Crippen molar-refractivity contribution in [2.75, 3.05) is 13.2 Å². The summed E-state index contributed by atoms with van der Waals surface area (Å²) in [4.78, 5) is 24.2. The van der Waals surface area contributed by atoms with Crippen LogP contribution in [0, 0.1) is 0 Å². The molecule has 1 heterocycles. The number of carbonyl (C=O) groups excluding carboxylic acids is 2. The van der Waals surface area contributed by atoms with Crippen molar-refractivity contribution in [1.29, 1.82) is 0 Å². The van der Waals surface area contributed by atoms with E-state index in [-0.39, 0.29) is 11.7 Å². The highest BCUT2D eigenvalue weighted by atomic mass is 35.5. The van der Waals surface area contributed by atoms with Crippen LogP contribution in [0.4, 0.5) is 0 Å². The standard InChI is InChI=1S/C20H20ClNO4/c21-16-5-2-1-4-15(16)13-22-20(24)7-3-6-17(23)14-8-9-18-19(12-14)26-11-10-25-18/h1-2,4-5,8-9,12H,3,6-7,10-11,13H2,(H,22,24). The first-order valence-electron chi connectivity index (χ1n) is 8.56. The number of halogens is 1. The summed E-state index contributed by atoms with van der Waals surface area (Å²) >= 11 is 6.06. The second-order valence-corrected chi connectivity index (χ2v) is 6.41. The predicted molar refractivity (Wildman–Crippen MR) is 98.9 cm³/mol. The Balaban J connectivity index is 1.43. The van der Waals surface area contributed by atoms with E-state index in [0.29, 0.717) is 61.1 Å². The third kappa shape index (κ3) is 4.76. The van der Waals surface area contributed by atoms with Gasteiger partial charge >= 0.3 is 0 Å². The first-order chi connectivity index (χ1) is 12.6. The van der Waals surface area contributed by atoms with E-state index in [1.54, 1.807) is 24.3 Å². The molecule has 2 aromatic rings. The highest BCUT2D eigenvalue weighted by molar-refractivity contribution is 6.31. The molecule has 0 saturated carbocycles. The number of benzene rings is 2. The summed E-state index contributed by atoms with van der Waals surface area (Å²) in [6, 6.07) is 12.6. The summed E-state index contributed by atoms with van der Waals surface area (Å²) < 4.78 is 10.9. The Bertz CT molecular complexity index is 806. The van der Waals surface area contributed by atoms with Gasteiger partial charge in [0.05, 0.1) is 0 Å². The molecule has 136 valence electrons.